The second-order valence-corrected chi connectivity index (χ2v) is 12.8. The predicted molar refractivity (Wildman–Crippen MR) is 163 cm³/mol. The Kier molecular flexibility index (Phi) is 7.66. The highest BCUT2D eigenvalue weighted by Gasteiger charge is 2.34. The van der Waals surface area contributed by atoms with Crippen LogP contribution >= 0.6 is 10.9 Å². The number of carbonyl (C=O) groups is 1. The van der Waals surface area contributed by atoms with Gasteiger partial charge in [0.15, 0.2) is 5.17 Å². The number of carbonyl (C=O) groups excluding carboxylic acids is 1. The Bertz CT molecular complexity index is 1630. The summed E-state index contributed by atoms with van der Waals surface area (Å²) in [6, 6.07) is 10.7. The summed E-state index contributed by atoms with van der Waals surface area (Å²) < 4.78 is 15.8. The minimum absolute atomic E-state index is 0.0726. The molecule has 3 aliphatic heterocycles. The molecule has 0 radical (unpaired) electrons. The second kappa shape index (κ2) is 11.4. The van der Waals surface area contributed by atoms with Crippen LogP contribution in [0.25, 0.3) is 11.3 Å². The first-order chi connectivity index (χ1) is 20.3. The lowest BCUT2D eigenvalue weighted by molar-refractivity contribution is -0.142. The number of piperazine rings is 1. The number of nitrogens with zero attached hydrogens (tertiary/aromatic N) is 7. The summed E-state index contributed by atoms with van der Waals surface area (Å²) in [6.07, 6.45) is 2.43. The summed E-state index contributed by atoms with van der Waals surface area (Å²) in [4.78, 5) is 29.1. The Balaban J connectivity index is 1.32. The number of benzene rings is 1. The van der Waals surface area contributed by atoms with Crippen molar-refractivity contribution in [2.75, 3.05) is 57.8 Å². The first kappa shape index (κ1) is 28.2. The Morgan fingerprint density at radius 1 is 1.21 bits per heavy atom. The topological polar surface area (TPSA) is 112 Å². The van der Waals surface area contributed by atoms with Gasteiger partial charge in [-0.3, -0.25) is 14.1 Å². The molecule has 12 heteroatoms. The lowest BCUT2D eigenvalue weighted by Crippen LogP contribution is -2.57. The molecule has 0 bridgehead atoms. The molecule has 0 aliphatic carbocycles. The average molecular weight is 591 g/mol. The number of hydrogen-bond donors (Lipinski definition) is 3. The molecule has 5 heterocycles. The number of anilines is 1. The van der Waals surface area contributed by atoms with Crippen molar-refractivity contribution in [2.45, 2.75) is 31.4 Å². The predicted octanol–water partition coefficient (Wildman–Crippen LogP) is 2.51. The van der Waals surface area contributed by atoms with E-state index in [0.717, 1.165) is 53.8 Å². The molecule has 10 nitrogen and oxygen atoms in total. The zero-order chi connectivity index (χ0) is 29.5. The third kappa shape index (κ3) is 5.02. The molecule has 1 atom stereocenters. The number of aromatic nitrogens is 2. The van der Waals surface area contributed by atoms with Crippen LogP contribution in [0, 0.1) is 24.1 Å². The van der Waals surface area contributed by atoms with E-state index in [0.29, 0.717) is 47.4 Å². The fourth-order valence-electron chi connectivity index (χ4n) is 5.80. The number of thiol groups is 1. The molecular formula is C30H35FN8O2S. The number of aliphatic imine (C=N–C) groups is 1. The van der Waals surface area contributed by atoms with Crippen LogP contribution in [0.2, 0.25) is 0 Å². The summed E-state index contributed by atoms with van der Waals surface area (Å²) in [5.74, 6) is -0.263. The zero-order valence-corrected chi connectivity index (χ0v) is 24.9. The number of halogens is 1. The van der Waals surface area contributed by atoms with Crippen molar-refractivity contribution >= 4 is 39.0 Å². The zero-order valence-electron chi connectivity index (χ0n) is 24.0. The van der Waals surface area contributed by atoms with Gasteiger partial charge in [-0.15, -0.1) is 10.9 Å². The maximum absolute atomic E-state index is 13.7. The maximum atomic E-state index is 13.7. The Hall–Kier alpha value is -3.92. The molecule has 1 unspecified atom stereocenters. The molecule has 1 aromatic carbocycles. The van der Waals surface area contributed by atoms with Crippen molar-refractivity contribution in [2.24, 2.45) is 4.99 Å². The van der Waals surface area contributed by atoms with E-state index in [9.17, 15) is 19.6 Å². The highest BCUT2D eigenvalue weighted by molar-refractivity contribution is 8.33. The van der Waals surface area contributed by atoms with Gasteiger partial charge in [-0.2, -0.15) is 5.26 Å². The van der Waals surface area contributed by atoms with Gasteiger partial charge >= 0.3 is 0 Å². The van der Waals surface area contributed by atoms with Gasteiger partial charge < -0.3 is 20.2 Å². The minimum atomic E-state index is -1.32. The molecule has 2 N–H and O–H groups in total. The van der Waals surface area contributed by atoms with Crippen molar-refractivity contribution in [1.82, 2.24) is 24.5 Å². The number of pyridine rings is 1. The number of allylic oxidation sites excluding steroid dienone is 1. The molecule has 0 saturated carbocycles. The van der Waals surface area contributed by atoms with E-state index in [1.807, 2.05) is 7.05 Å². The largest absolute Gasteiger partial charge is 0.389 e. The SMILES string of the molecule is CCc1nc2c(C)cc(N3CCN(CC(=O)N4CC(O)C4)CC3)cn2c1[SH]1C(NC)=NC(c2ccc(F)cc2)=C1C#N. The first-order valence-corrected chi connectivity index (χ1v) is 15.6. The van der Waals surface area contributed by atoms with Crippen molar-refractivity contribution in [3.63, 3.8) is 0 Å². The summed E-state index contributed by atoms with van der Waals surface area (Å²) >= 11 is 0. The summed E-state index contributed by atoms with van der Waals surface area (Å²) in [5.41, 5.74) is 5.17. The number of nitrogens with one attached hydrogen (secondary N) is 1. The second-order valence-electron chi connectivity index (χ2n) is 10.9. The molecule has 42 heavy (non-hydrogen) atoms. The van der Waals surface area contributed by atoms with Crippen LogP contribution in [0.4, 0.5) is 10.1 Å². The van der Waals surface area contributed by atoms with E-state index >= 15 is 0 Å². The van der Waals surface area contributed by atoms with Crippen LogP contribution in [0.1, 0.15) is 23.7 Å². The molecule has 1 amide bonds. The normalized spacial score (nSPS) is 20.6. The number of nitriles is 1. The molecule has 2 aromatic heterocycles. The van der Waals surface area contributed by atoms with Crippen molar-refractivity contribution in [1.29, 1.82) is 5.26 Å². The molecule has 2 saturated heterocycles. The van der Waals surface area contributed by atoms with E-state index in [-0.39, 0.29) is 17.8 Å². The molecule has 6 rings (SSSR count). The number of amides is 1. The summed E-state index contributed by atoms with van der Waals surface area (Å²) in [7, 11) is 0.501. The van der Waals surface area contributed by atoms with Crippen molar-refractivity contribution < 1.29 is 14.3 Å². The summed E-state index contributed by atoms with van der Waals surface area (Å²) in [6.45, 7) is 8.46. The van der Waals surface area contributed by atoms with Crippen LogP contribution in [0.15, 0.2) is 51.5 Å². The van der Waals surface area contributed by atoms with Gasteiger partial charge in [0.05, 0.1) is 34.8 Å². The van der Waals surface area contributed by atoms with Crippen molar-refractivity contribution in [3.05, 3.63) is 64.1 Å². The number of aliphatic hydroxyl groups is 1. The van der Waals surface area contributed by atoms with Gasteiger partial charge in [0.25, 0.3) is 0 Å². The number of aryl methyl sites for hydroxylation is 2. The van der Waals surface area contributed by atoms with E-state index in [1.54, 1.807) is 17.0 Å². The van der Waals surface area contributed by atoms with E-state index < -0.39 is 10.9 Å². The number of aliphatic hydroxyl groups excluding tert-OH is 1. The van der Waals surface area contributed by atoms with Gasteiger partial charge in [0, 0.05) is 58.1 Å². The molecule has 2 fully saturated rings. The van der Waals surface area contributed by atoms with Gasteiger partial charge in [-0.1, -0.05) is 6.92 Å². The monoisotopic (exact) mass is 590 g/mol. The minimum Gasteiger partial charge on any atom is -0.389 e. The third-order valence-electron chi connectivity index (χ3n) is 8.12. The van der Waals surface area contributed by atoms with E-state index in [1.165, 1.54) is 12.1 Å². The lowest BCUT2D eigenvalue weighted by atomic mass is 10.1. The van der Waals surface area contributed by atoms with Gasteiger partial charge in [-0.25, -0.2) is 14.4 Å². The van der Waals surface area contributed by atoms with Crippen molar-refractivity contribution in [3.8, 4) is 6.07 Å². The first-order valence-electron chi connectivity index (χ1n) is 14.2. The third-order valence-corrected chi connectivity index (χ3v) is 10.5. The van der Waals surface area contributed by atoms with Crippen LogP contribution in [0.5, 0.6) is 0 Å². The van der Waals surface area contributed by atoms with E-state index in [2.05, 4.69) is 51.7 Å². The number of amidine groups is 1. The van der Waals surface area contributed by atoms with Gasteiger partial charge in [0.2, 0.25) is 5.91 Å². The molecule has 3 aromatic rings. The lowest BCUT2D eigenvalue weighted by Gasteiger charge is -2.39. The van der Waals surface area contributed by atoms with Gasteiger partial charge in [0.1, 0.15) is 22.4 Å². The number of rotatable bonds is 6. The molecule has 3 aliphatic rings. The molecular weight excluding hydrogens is 555 g/mol. The smallest absolute Gasteiger partial charge is 0.236 e. The Morgan fingerprint density at radius 2 is 1.93 bits per heavy atom. The average Bonchev–Trinajstić information content (AvgIpc) is 3.53. The number of likely N-dealkylation sites (tertiary alicyclic amines) is 1. The van der Waals surface area contributed by atoms with Crippen LogP contribution < -0.4 is 10.2 Å². The number of hydrogen-bond acceptors (Lipinski definition) is 8. The Morgan fingerprint density at radius 3 is 2.55 bits per heavy atom. The molecule has 220 valence electrons. The Labute approximate surface area is 247 Å². The van der Waals surface area contributed by atoms with Gasteiger partial charge in [-0.05, 0) is 49.2 Å². The van der Waals surface area contributed by atoms with E-state index in [4.69, 9.17) is 9.98 Å². The fourth-order valence-corrected chi connectivity index (χ4v) is 8.17. The standard InChI is InChI=1S/C30H35FN8O2S/c1-4-24-29(42-25(14-32)27(35-30(42)33-3)20-5-7-21(31)8-6-20)39-15-22(13-19(2)28(39)34-24)37-11-9-36(10-12-37)18-26(41)38-16-23(40)17-38/h5-8,13,15,23,40,42H,4,9-12,16-18H2,1-3H3,(H,33,35). The molecule has 0 spiro atoms. The highest BCUT2D eigenvalue weighted by Crippen LogP contribution is 2.53. The maximum Gasteiger partial charge on any atom is 0.236 e. The highest BCUT2D eigenvalue weighted by atomic mass is 32.2. The van der Waals surface area contributed by atoms with Crippen LogP contribution in [-0.2, 0) is 11.2 Å². The summed E-state index contributed by atoms with van der Waals surface area (Å²) in [5, 5.41) is 24.8. The number of imidazole rings is 1. The van der Waals surface area contributed by atoms with Crippen LogP contribution in [0.3, 0.4) is 0 Å². The number of β-amino-alcohol motifs (C(OH)–C–C–N with tert-alkyl or cyclic N) is 1. The number of fused-ring (bicyclic) bond motifs is 1. The van der Waals surface area contributed by atoms with Crippen LogP contribution in [-0.4, -0.2) is 94.3 Å². The quantitative estimate of drug-likeness (QED) is 0.379. The fraction of sp³-hybridized carbons (Fsp3) is 0.400.